The molecule has 2 aromatic rings. The molecule has 15 heavy (non-hydrogen) atoms. The highest BCUT2D eigenvalue weighted by atomic mass is 79.9. The van der Waals surface area contributed by atoms with E-state index in [-0.39, 0.29) is 0 Å². The van der Waals surface area contributed by atoms with Crippen LogP contribution in [-0.4, -0.2) is 7.85 Å². The summed E-state index contributed by atoms with van der Waals surface area (Å²) >= 11 is 3.50. The lowest BCUT2D eigenvalue weighted by molar-refractivity contribution is 1.26. The first kappa shape index (κ1) is 9.23. The van der Waals surface area contributed by atoms with Crippen LogP contribution in [0.25, 0.3) is 11.1 Å². The van der Waals surface area contributed by atoms with Gasteiger partial charge in [0.2, 0.25) is 0 Å². The minimum atomic E-state index is 0.838. The Kier molecular flexibility index (Phi) is 1.99. The Balaban J connectivity index is 2.26. The summed E-state index contributed by atoms with van der Waals surface area (Å²) in [6.07, 6.45) is 1.02. The Morgan fingerprint density at radius 3 is 2.67 bits per heavy atom. The molecule has 0 saturated heterocycles. The third kappa shape index (κ3) is 1.44. The Bertz CT molecular complexity index is 546. The Morgan fingerprint density at radius 1 is 0.933 bits per heavy atom. The number of fused-ring (bicyclic) bond motifs is 3. The molecule has 0 spiro atoms. The average Bonchev–Trinajstić information content (AvgIpc) is 2.54. The van der Waals surface area contributed by atoms with Crippen molar-refractivity contribution in [2.45, 2.75) is 6.42 Å². The second-order valence-electron chi connectivity index (χ2n) is 3.89. The van der Waals surface area contributed by atoms with Gasteiger partial charge in [-0.05, 0) is 40.8 Å². The zero-order valence-corrected chi connectivity index (χ0v) is 9.71. The monoisotopic (exact) mass is 254 g/mol. The highest BCUT2D eigenvalue weighted by Crippen LogP contribution is 2.36. The molecule has 0 unspecified atom stereocenters. The van der Waals surface area contributed by atoms with Crippen LogP contribution in [0.5, 0.6) is 0 Å². The van der Waals surface area contributed by atoms with E-state index < -0.39 is 0 Å². The van der Waals surface area contributed by atoms with Gasteiger partial charge in [-0.1, -0.05) is 45.7 Å². The summed E-state index contributed by atoms with van der Waals surface area (Å²) in [6, 6.07) is 12.6. The van der Waals surface area contributed by atoms with Gasteiger partial charge in [0.25, 0.3) is 0 Å². The number of hydrogen-bond donors (Lipinski definition) is 0. The van der Waals surface area contributed by atoms with Gasteiger partial charge in [0, 0.05) is 4.47 Å². The Hall–Kier alpha value is -1.02. The normalized spacial score (nSPS) is 12.3. The Morgan fingerprint density at radius 2 is 1.80 bits per heavy atom. The molecular weight excluding hydrogens is 247 g/mol. The zero-order chi connectivity index (χ0) is 10.4. The van der Waals surface area contributed by atoms with Crippen LogP contribution in [0, 0.1) is 0 Å². The van der Waals surface area contributed by atoms with Crippen LogP contribution in [-0.2, 0) is 6.42 Å². The van der Waals surface area contributed by atoms with E-state index in [0.29, 0.717) is 0 Å². The smallest absolute Gasteiger partial charge is 0.0960 e. The van der Waals surface area contributed by atoms with E-state index in [9.17, 15) is 0 Å². The fourth-order valence-corrected chi connectivity index (χ4v) is 2.58. The first-order chi connectivity index (χ1) is 7.24. The molecule has 0 fully saturated rings. The van der Waals surface area contributed by atoms with Crippen molar-refractivity contribution < 1.29 is 0 Å². The maximum Gasteiger partial charge on any atom is 0.113 e. The predicted octanol–water partition coefficient (Wildman–Crippen LogP) is 2.81. The first-order valence-corrected chi connectivity index (χ1v) is 5.70. The van der Waals surface area contributed by atoms with Crippen molar-refractivity contribution in [2.24, 2.45) is 0 Å². The Labute approximate surface area is 98.9 Å². The SMILES string of the molecule is [B]c1ccc2c(c1)-c1ccc(Br)cc1C2. The summed E-state index contributed by atoms with van der Waals surface area (Å²) in [7, 11) is 5.81. The molecule has 0 atom stereocenters. The van der Waals surface area contributed by atoms with Crippen molar-refractivity contribution in [2.75, 3.05) is 0 Å². The molecule has 0 nitrogen and oxygen atoms in total. The molecule has 0 N–H and O–H groups in total. The molecule has 2 aromatic carbocycles. The van der Waals surface area contributed by atoms with E-state index >= 15 is 0 Å². The van der Waals surface area contributed by atoms with Crippen LogP contribution in [0.3, 0.4) is 0 Å². The fraction of sp³-hybridized carbons (Fsp3) is 0.0769. The molecule has 0 aromatic heterocycles. The number of rotatable bonds is 0. The molecule has 2 radical (unpaired) electrons. The molecule has 2 heteroatoms. The van der Waals surface area contributed by atoms with Crippen LogP contribution in [0.15, 0.2) is 40.9 Å². The average molecular weight is 255 g/mol. The van der Waals surface area contributed by atoms with Crippen LogP contribution in [0.1, 0.15) is 11.1 Å². The summed E-state index contributed by atoms with van der Waals surface area (Å²) in [5.41, 5.74) is 6.20. The van der Waals surface area contributed by atoms with Gasteiger partial charge in [-0.15, -0.1) is 0 Å². The molecule has 0 aliphatic heterocycles. The number of halogens is 1. The molecule has 3 rings (SSSR count). The van der Waals surface area contributed by atoms with E-state index in [4.69, 9.17) is 7.85 Å². The van der Waals surface area contributed by atoms with Gasteiger partial charge < -0.3 is 0 Å². The van der Waals surface area contributed by atoms with Gasteiger partial charge in [-0.2, -0.15) is 0 Å². The van der Waals surface area contributed by atoms with Gasteiger partial charge in [-0.25, -0.2) is 0 Å². The largest absolute Gasteiger partial charge is 0.113 e. The lowest BCUT2D eigenvalue weighted by atomic mass is 9.92. The van der Waals surface area contributed by atoms with Crippen molar-refractivity contribution in [3.05, 3.63) is 52.0 Å². The van der Waals surface area contributed by atoms with Crippen LogP contribution in [0.4, 0.5) is 0 Å². The lowest BCUT2D eigenvalue weighted by Gasteiger charge is -2.02. The molecule has 0 heterocycles. The minimum Gasteiger partial charge on any atom is -0.0960 e. The second kappa shape index (κ2) is 3.24. The summed E-state index contributed by atoms with van der Waals surface area (Å²) in [5, 5.41) is 0. The van der Waals surface area contributed by atoms with Crippen molar-refractivity contribution in [1.82, 2.24) is 0 Å². The second-order valence-corrected chi connectivity index (χ2v) is 4.81. The van der Waals surface area contributed by atoms with E-state index in [1.165, 1.54) is 22.3 Å². The molecule has 0 saturated carbocycles. The zero-order valence-electron chi connectivity index (χ0n) is 8.13. The van der Waals surface area contributed by atoms with E-state index in [1.807, 2.05) is 6.07 Å². The van der Waals surface area contributed by atoms with Crippen molar-refractivity contribution >= 4 is 29.2 Å². The summed E-state index contributed by atoms with van der Waals surface area (Å²) in [4.78, 5) is 0. The van der Waals surface area contributed by atoms with Crippen molar-refractivity contribution in [1.29, 1.82) is 0 Å². The lowest BCUT2D eigenvalue weighted by Crippen LogP contribution is -2.01. The highest BCUT2D eigenvalue weighted by Gasteiger charge is 2.17. The maximum atomic E-state index is 5.81. The summed E-state index contributed by atoms with van der Waals surface area (Å²) < 4.78 is 1.14. The van der Waals surface area contributed by atoms with Crippen LogP contribution in [0.2, 0.25) is 0 Å². The van der Waals surface area contributed by atoms with Gasteiger partial charge >= 0.3 is 0 Å². The standard InChI is InChI=1S/C13H8BBr/c14-10-2-1-8-5-9-6-11(15)3-4-12(9)13(8)7-10/h1-4,6-7H,5H2. The van der Waals surface area contributed by atoms with Gasteiger partial charge in [0.15, 0.2) is 0 Å². The molecule has 1 aliphatic carbocycles. The quantitative estimate of drug-likeness (QED) is 0.542. The van der Waals surface area contributed by atoms with E-state index in [1.54, 1.807) is 0 Å². The molecular formula is C13H8BBr. The number of benzene rings is 2. The minimum absolute atomic E-state index is 0.838. The van der Waals surface area contributed by atoms with E-state index in [2.05, 4.69) is 46.3 Å². The third-order valence-electron chi connectivity index (χ3n) is 2.87. The first-order valence-electron chi connectivity index (χ1n) is 4.91. The summed E-state index contributed by atoms with van der Waals surface area (Å²) in [6.45, 7) is 0. The van der Waals surface area contributed by atoms with Crippen molar-refractivity contribution in [3.8, 4) is 11.1 Å². The molecule has 0 amide bonds. The fourth-order valence-electron chi connectivity index (χ4n) is 2.18. The van der Waals surface area contributed by atoms with Gasteiger partial charge in [0.05, 0.1) is 0 Å². The predicted molar refractivity (Wildman–Crippen MR) is 67.8 cm³/mol. The van der Waals surface area contributed by atoms with Crippen LogP contribution < -0.4 is 5.46 Å². The van der Waals surface area contributed by atoms with E-state index in [0.717, 1.165) is 16.4 Å². The maximum absolute atomic E-state index is 5.81. The molecule has 0 bridgehead atoms. The topological polar surface area (TPSA) is 0 Å². The molecule has 1 aliphatic rings. The van der Waals surface area contributed by atoms with Crippen molar-refractivity contribution in [3.63, 3.8) is 0 Å². The third-order valence-corrected chi connectivity index (χ3v) is 3.37. The van der Waals surface area contributed by atoms with Gasteiger partial charge in [0.1, 0.15) is 7.85 Å². The number of hydrogen-bond acceptors (Lipinski definition) is 0. The molecule has 70 valence electrons. The van der Waals surface area contributed by atoms with Gasteiger partial charge in [-0.3, -0.25) is 0 Å². The van der Waals surface area contributed by atoms with Crippen LogP contribution >= 0.6 is 15.9 Å². The highest BCUT2D eigenvalue weighted by molar-refractivity contribution is 9.10. The summed E-state index contributed by atoms with van der Waals surface area (Å²) in [5.74, 6) is 0.